The number of carboxylic acid groups (broad SMARTS) is 1. The number of aromatic nitrogens is 3. The highest BCUT2D eigenvalue weighted by Crippen LogP contribution is 2.45. The zero-order valence-corrected chi connectivity index (χ0v) is 23.7. The topological polar surface area (TPSA) is 109 Å². The van der Waals surface area contributed by atoms with Crippen LogP contribution in [0.3, 0.4) is 0 Å². The number of amides is 1. The predicted molar refractivity (Wildman–Crippen MR) is 140 cm³/mol. The van der Waals surface area contributed by atoms with Crippen LogP contribution in [0.25, 0.3) is 0 Å². The fourth-order valence-corrected chi connectivity index (χ4v) is 5.78. The number of aliphatic carboxylic acids is 1. The molecule has 0 bridgehead atoms. The molecule has 1 amide bonds. The van der Waals surface area contributed by atoms with Gasteiger partial charge in [0.1, 0.15) is 0 Å². The number of nitrogens with zero attached hydrogens (tertiary/aromatic N) is 4. The standard InChI is InChI=1S/C26H33Cl2F3N4O4/c1-24(2,3)14-34(13-19(36)21-17(27)11-32-12-18(21)28)23(39)16-10-33-35(22(16)26(29,30)31)15-5-7-25(4,8-6-15)9-20(37)38/h10-12,15,19,36H,5-9,13-14H2,1-4H3,(H,37,38)/t15-,19?,25-. The van der Waals surface area contributed by atoms with Gasteiger partial charge >= 0.3 is 12.1 Å². The summed E-state index contributed by atoms with van der Waals surface area (Å²) >= 11 is 12.3. The van der Waals surface area contributed by atoms with Crippen molar-refractivity contribution in [2.24, 2.45) is 10.8 Å². The molecule has 1 fully saturated rings. The van der Waals surface area contributed by atoms with E-state index in [0.717, 1.165) is 15.8 Å². The Hall–Kier alpha value is -2.37. The lowest BCUT2D eigenvalue weighted by atomic mass is 9.72. The number of halogens is 5. The molecule has 2 heterocycles. The third-order valence-electron chi connectivity index (χ3n) is 6.95. The number of alkyl halides is 3. The van der Waals surface area contributed by atoms with Crippen molar-refractivity contribution >= 4 is 35.1 Å². The number of carbonyl (C=O) groups excluding carboxylic acids is 1. The SMILES string of the molecule is CC(C)(C)CN(CC(O)c1c(Cl)cncc1Cl)C(=O)c1cnn([C@H]2CC[C@](C)(CC(=O)O)CC2)c1C(F)(F)F. The van der Waals surface area contributed by atoms with Crippen LogP contribution in [0.15, 0.2) is 18.6 Å². The summed E-state index contributed by atoms with van der Waals surface area (Å²) in [4.78, 5) is 29.9. The van der Waals surface area contributed by atoms with Crippen molar-refractivity contribution in [1.82, 2.24) is 19.7 Å². The second-order valence-electron chi connectivity index (χ2n) is 11.7. The Morgan fingerprint density at radius 3 is 2.21 bits per heavy atom. The van der Waals surface area contributed by atoms with Crippen molar-refractivity contribution < 1.29 is 33.0 Å². The summed E-state index contributed by atoms with van der Waals surface area (Å²) < 4.78 is 44.1. The lowest BCUT2D eigenvalue weighted by Crippen LogP contribution is -2.41. The van der Waals surface area contributed by atoms with Crippen molar-refractivity contribution in [3.05, 3.63) is 45.5 Å². The van der Waals surface area contributed by atoms with Gasteiger partial charge in [0.05, 0.1) is 46.9 Å². The van der Waals surface area contributed by atoms with Gasteiger partial charge in [-0.15, -0.1) is 0 Å². The highest BCUT2D eigenvalue weighted by atomic mass is 35.5. The first-order valence-electron chi connectivity index (χ1n) is 12.5. The van der Waals surface area contributed by atoms with Crippen molar-refractivity contribution in [3.63, 3.8) is 0 Å². The second kappa shape index (κ2) is 11.6. The molecule has 3 rings (SSSR count). The molecule has 2 aromatic rings. The van der Waals surface area contributed by atoms with Gasteiger partial charge < -0.3 is 15.1 Å². The predicted octanol–water partition coefficient (Wildman–Crippen LogP) is 6.42. The van der Waals surface area contributed by atoms with E-state index in [1.54, 1.807) is 0 Å². The molecule has 2 N–H and O–H groups in total. The summed E-state index contributed by atoms with van der Waals surface area (Å²) in [6.45, 7) is 6.93. The first kappa shape index (κ1) is 31.2. The number of aliphatic hydroxyl groups is 1. The van der Waals surface area contributed by atoms with Gasteiger partial charge in [-0.3, -0.25) is 19.3 Å². The molecule has 2 aromatic heterocycles. The fraction of sp³-hybridized carbons (Fsp3) is 0.615. The van der Waals surface area contributed by atoms with Gasteiger partial charge in [0.15, 0.2) is 5.69 Å². The number of carboxylic acids is 1. The Bertz CT molecular complexity index is 1180. The van der Waals surface area contributed by atoms with Crippen LogP contribution in [0.5, 0.6) is 0 Å². The van der Waals surface area contributed by atoms with E-state index in [1.807, 2.05) is 27.7 Å². The lowest BCUT2D eigenvalue weighted by molar-refractivity contribution is -0.145. The smallest absolute Gasteiger partial charge is 0.433 e. The molecular weight excluding hydrogens is 560 g/mol. The molecule has 13 heteroatoms. The quantitative estimate of drug-likeness (QED) is 0.366. The Kier molecular flexibility index (Phi) is 9.29. The number of aliphatic hydroxyl groups excluding tert-OH is 1. The summed E-state index contributed by atoms with van der Waals surface area (Å²) in [5, 5.41) is 24.2. The first-order valence-corrected chi connectivity index (χ1v) is 13.3. The van der Waals surface area contributed by atoms with Crippen LogP contribution >= 0.6 is 23.2 Å². The molecule has 0 aromatic carbocycles. The maximum atomic E-state index is 14.4. The van der Waals surface area contributed by atoms with Crippen LogP contribution in [-0.4, -0.2) is 54.8 Å². The summed E-state index contributed by atoms with van der Waals surface area (Å²) in [6.07, 6.45) is -1.42. The molecule has 8 nitrogen and oxygen atoms in total. The van der Waals surface area contributed by atoms with Crippen molar-refractivity contribution in [2.45, 2.75) is 78.1 Å². The Labute approximate surface area is 235 Å². The molecule has 0 saturated heterocycles. The molecule has 39 heavy (non-hydrogen) atoms. The average molecular weight is 593 g/mol. The normalized spacial score (nSPS) is 21.0. The van der Waals surface area contributed by atoms with E-state index < -0.39 is 52.3 Å². The minimum absolute atomic E-state index is 0.0304. The summed E-state index contributed by atoms with van der Waals surface area (Å²) in [7, 11) is 0. The summed E-state index contributed by atoms with van der Waals surface area (Å²) in [5.74, 6) is -1.88. The van der Waals surface area contributed by atoms with Crippen LogP contribution in [0.1, 0.15) is 93.6 Å². The Balaban J connectivity index is 1.95. The van der Waals surface area contributed by atoms with E-state index in [9.17, 15) is 33.0 Å². The molecule has 1 atom stereocenters. The van der Waals surface area contributed by atoms with E-state index in [-0.39, 0.29) is 35.1 Å². The second-order valence-corrected chi connectivity index (χ2v) is 12.6. The molecule has 0 aliphatic heterocycles. The van der Waals surface area contributed by atoms with E-state index in [4.69, 9.17) is 23.2 Å². The van der Waals surface area contributed by atoms with E-state index >= 15 is 0 Å². The zero-order valence-electron chi connectivity index (χ0n) is 22.2. The third kappa shape index (κ3) is 7.64. The first-order chi connectivity index (χ1) is 17.9. The molecular formula is C26H33Cl2F3N4O4. The fourth-order valence-electron chi connectivity index (χ4n) is 5.17. The lowest BCUT2D eigenvalue weighted by Gasteiger charge is -2.37. The van der Waals surface area contributed by atoms with E-state index in [1.165, 1.54) is 12.4 Å². The van der Waals surface area contributed by atoms with Gasteiger partial charge in [-0.1, -0.05) is 50.9 Å². The minimum atomic E-state index is -4.88. The number of pyridine rings is 1. The number of carbonyl (C=O) groups is 2. The minimum Gasteiger partial charge on any atom is -0.481 e. The van der Waals surface area contributed by atoms with Gasteiger partial charge in [-0.25, -0.2) is 0 Å². The highest BCUT2D eigenvalue weighted by Gasteiger charge is 2.44. The average Bonchev–Trinajstić information content (AvgIpc) is 3.22. The Morgan fingerprint density at radius 1 is 1.15 bits per heavy atom. The van der Waals surface area contributed by atoms with Crippen LogP contribution in [-0.2, 0) is 11.0 Å². The van der Waals surface area contributed by atoms with Crippen molar-refractivity contribution in [3.8, 4) is 0 Å². The Morgan fingerprint density at radius 2 is 1.72 bits per heavy atom. The van der Waals surface area contributed by atoms with E-state index in [0.29, 0.717) is 25.7 Å². The third-order valence-corrected chi connectivity index (χ3v) is 7.55. The molecule has 216 valence electrons. The zero-order chi connectivity index (χ0) is 29.3. The van der Waals surface area contributed by atoms with Gasteiger partial charge in [0.25, 0.3) is 5.91 Å². The van der Waals surface area contributed by atoms with Crippen LogP contribution in [0, 0.1) is 10.8 Å². The maximum absolute atomic E-state index is 14.4. The molecule has 0 radical (unpaired) electrons. The number of rotatable bonds is 8. The highest BCUT2D eigenvalue weighted by molar-refractivity contribution is 6.35. The van der Waals surface area contributed by atoms with Gasteiger partial charge in [-0.2, -0.15) is 18.3 Å². The monoisotopic (exact) mass is 592 g/mol. The largest absolute Gasteiger partial charge is 0.481 e. The van der Waals surface area contributed by atoms with Crippen molar-refractivity contribution in [2.75, 3.05) is 13.1 Å². The molecule has 1 aliphatic carbocycles. The molecule has 0 spiro atoms. The number of hydrogen-bond acceptors (Lipinski definition) is 5. The van der Waals surface area contributed by atoms with Gasteiger partial charge in [0.2, 0.25) is 0 Å². The van der Waals surface area contributed by atoms with Gasteiger partial charge in [0, 0.05) is 24.5 Å². The van der Waals surface area contributed by atoms with Crippen molar-refractivity contribution in [1.29, 1.82) is 0 Å². The maximum Gasteiger partial charge on any atom is 0.433 e. The summed E-state index contributed by atoms with van der Waals surface area (Å²) in [5.41, 5.74) is -2.69. The summed E-state index contributed by atoms with van der Waals surface area (Å²) in [6, 6.07) is -0.638. The number of hydrogen-bond donors (Lipinski definition) is 2. The van der Waals surface area contributed by atoms with Crippen LogP contribution < -0.4 is 0 Å². The van der Waals surface area contributed by atoms with E-state index in [2.05, 4.69) is 10.1 Å². The van der Waals surface area contributed by atoms with Crippen LogP contribution in [0.4, 0.5) is 13.2 Å². The van der Waals surface area contributed by atoms with Gasteiger partial charge in [-0.05, 0) is 36.5 Å². The molecule has 1 unspecified atom stereocenters. The van der Waals surface area contributed by atoms with Crippen LogP contribution in [0.2, 0.25) is 10.0 Å². The molecule has 1 aliphatic rings. The molecule has 1 saturated carbocycles.